The Morgan fingerprint density at radius 1 is 1.32 bits per heavy atom. The van der Waals surface area contributed by atoms with E-state index in [9.17, 15) is 0 Å². The SMILES string of the molecule is CCN(c1ccc(C)cc1)c1nc(NN)ncc1Br. The zero-order valence-corrected chi connectivity index (χ0v) is 12.5. The van der Waals surface area contributed by atoms with Crippen molar-refractivity contribution in [3.8, 4) is 0 Å². The zero-order chi connectivity index (χ0) is 13.8. The molecule has 3 N–H and O–H groups in total. The number of aromatic nitrogens is 2. The number of nitrogen functional groups attached to an aromatic ring is 1. The second-order valence-corrected chi connectivity index (χ2v) is 4.94. The van der Waals surface area contributed by atoms with Gasteiger partial charge in [-0.05, 0) is 41.9 Å². The topological polar surface area (TPSA) is 67.1 Å². The van der Waals surface area contributed by atoms with Crippen molar-refractivity contribution in [2.24, 2.45) is 5.84 Å². The zero-order valence-electron chi connectivity index (χ0n) is 10.9. The van der Waals surface area contributed by atoms with Gasteiger partial charge in [-0.3, -0.25) is 5.43 Å². The van der Waals surface area contributed by atoms with Crippen LogP contribution in [0.5, 0.6) is 0 Å². The third-order valence-electron chi connectivity index (χ3n) is 2.77. The largest absolute Gasteiger partial charge is 0.326 e. The van der Waals surface area contributed by atoms with E-state index in [-0.39, 0.29) is 0 Å². The summed E-state index contributed by atoms with van der Waals surface area (Å²) in [6.07, 6.45) is 1.69. The summed E-state index contributed by atoms with van der Waals surface area (Å²) in [4.78, 5) is 10.5. The molecule has 0 aliphatic carbocycles. The van der Waals surface area contributed by atoms with Gasteiger partial charge < -0.3 is 4.90 Å². The fourth-order valence-electron chi connectivity index (χ4n) is 1.80. The molecule has 0 aliphatic rings. The van der Waals surface area contributed by atoms with Crippen molar-refractivity contribution >= 4 is 33.4 Å². The second kappa shape index (κ2) is 5.99. The lowest BCUT2D eigenvalue weighted by Crippen LogP contribution is -2.20. The summed E-state index contributed by atoms with van der Waals surface area (Å²) in [7, 11) is 0. The highest BCUT2D eigenvalue weighted by Crippen LogP contribution is 2.30. The van der Waals surface area contributed by atoms with E-state index >= 15 is 0 Å². The minimum atomic E-state index is 0.392. The summed E-state index contributed by atoms with van der Waals surface area (Å²) in [6.45, 7) is 4.93. The van der Waals surface area contributed by atoms with Crippen LogP contribution in [0.2, 0.25) is 0 Å². The lowest BCUT2D eigenvalue weighted by Gasteiger charge is -2.23. The Labute approximate surface area is 121 Å². The molecule has 0 saturated carbocycles. The van der Waals surface area contributed by atoms with Gasteiger partial charge in [-0.1, -0.05) is 17.7 Å². The van der Waals surface area contributed by atoms with Crippen molar-refractivity contribution in [3.63, 3.8) is 0 Å². The van der Waals surface area contributed by atoms with E-state index in [0.29, 0.717) is 5.95 Å². The third-order valence-corrected chi connectivity index (χ3v) is 3.33. The normalized spacial score (nSPS) is 10.3. The van der Waals surface area contributed by atoms with Gasteiger partial charge in [0.05, 0.1) is 4.47 Å². The summed E-state index contributed by atoms with van der Waals surface area (Å²) in [5.41, 5.74) is 4.77. The number of aryl methyl sites for hydroxylation is 1. The average Bonchev–Trinajstić information content (AvgIpc) is 2.43. The first-order chi connectivity index (χ1) is 9.15. The van der Waals surface area contributed by atoms with Gasteiger partial charge in [-0.25, -0.2) is 10.8 Å². The molecule has 0 bridgehead atoms. The van der Waals surface area contributed by atoms with Gasteiger partial charge in [-0.2, -0.15) is 4.98 Å². The maximum atomic E-state index is 5.36. The fraction of sp³-hybridized carbons (Fsp3) is 0.231. The first-order valence-corrected chi connectivity index (χ1v) is 6.78. The van der Waals surface area contributed by atoms with E-state index in [1.165, 1.54) is 5.56 Å². The van der Waals surface area contributed by atoms with Crippen LogP contribution in [0, 0.1) is 6.92 Å². The van der Waals surface area contributed by atoms with Crippen LogP contribution in [0.3, 0.4) is 0 Å². The fourth-order valence-corrected chi connectivity index (χ4v) is 2.20. The van der Waals surface area contributed by atoms with Gasteiger partial charge in [0.1, 0.15) is 0 Å². The van der Waals surface area contributed by atoms with Gasteiger partial charge in [0.15, 0.2) is 5.82 Å². The molecule has 0 amide bonds. The van der Waals surface area contributed by atoms with Crippen molar-refractivity contribution in [2.75, 3.05) is 16.9 Å². The molecule has 0 atom stereocenters. The molecule has 0 spiro atoms. The maximum absolute atomic E-state index is 5.36. The van der Waals surface area contributed by atoms with Crippen LogP contribution in [0.1, 0.15) is 12.5 Å². The van der Waals surface area contributed by atoms with Crippen LogP contribution in [-0.4, -0.2) is 16.5 Å². The van der Waals surface area contributed by atoms with Gasteiger partial charge >= 0.3 is 0 Å². The van der Waals surface area contributed by atoms with Crippen LogP contribution in [0.25, 0.3) is 0 Å². The highest BCUT2D eigenvalue weighted by Gasteiger charge is 2.13. The smallest absolute Gasteiger partial charge is 0.239 e. The van der Waals surface area contributed by atoms with Crippen LogP contribution in [0.4, 0.5) is 17.5 Å². The number of anilines is 3. The molecular weight excluding hydrogens is 306 g/mol. The second-order valence-electron chi connectivity index (χ2n) is 4.09. The van der Waals surface area contributed by atoms with Crippen LogP contribution >= 0.6 is 15.9 Å². The monoisotopic (exact) mass is 321 g/mol. The third kappa shape index (κ3) is 3.02. The number of hydrogen-bond donors (Lipinski definition) is 2. The predicted molar refractivity (Wildman–Crippen MR) is 81.4 cm³/mol. The Morgan fingerprint density at radius 3 is 2.58 bits per heavy atom. The number of hydrazine groups is 1. The van der Waals surface area contributed by atoms with Gasteiger partial charge in [0.25, 0.3) is 0 Å². The molecule has 1 aromatic heterocycles. The Bertz CT molecular complexity index is 555. The molecule has 100 valence electrons. The molecule has 0 radical (unpaired) electrons. The molecule has 5 nitrogen and oxygen atoms in total. The molecular formula is C13H16BrN5. The van der Waals surface area contributed by atoms with E-state index in [1.807, 2.05) is 0 Å². The molecule has 2 rings (SSSR count). The summed E-state index contributed by atoms with van der Waals surface area (Å²) in [6, 6.07) is 8.30. The van der Waals surface area contributed by atoms with E-state index in [1.54, 1.807) is 6.20 Å². The molecule has 6 heteroatoms. The molecule has 0 aliphatic heterocycles. The van der Waals surface area contributed by atoms with E-state index < -0.39 is 0 Å². The van der Waals surface area contributed by atoms with Crippen molar-refractivity contribution in [2.45, 2.75) is 13.8 Å². The quantitative estimate of drug-likeness (QED) is 0.669. The number of nitrogens with one attached hydrogen (secondary N) is 1. The Balaban J connectivity index is 2.44. The molecule has 0 unspecified atom stereocenters. The summed E-state index contributed by atoms with van der Waals surface area (Å²) >= 11 is 3.48. The molecule has 1 heterocycles. The minimum absolute atomic E-state index is 0.392. The molecule has 19 heavy (non-hydrogen) atoms. The Hall–Kier alpha value is -1.66. The summed E-state index contributed by atoms with van der Waals surface area (Å²) in [5, 5.41) is 0. The van der Waals surface area contributed by atoms with Crippen molar-refractivity contribution < 1.29 is 0 Å². The highest BCUT2D eigenvalue weighted by molar-refractivity contribution is 9.10. The average molecular weight is 322 g/mol. The molecule has 0 fully saturated rings. The van der Waals surface area contributed by atoms with Crippen molar-refractivity contribution in [1.82, 2.24) is 9.97 Å². The minimum Gasteiger partial charge on any atom is -0.326 e. The van der Waals surface area contributed by atoms with Crippen molar-refractivity contribution in [3.05, 3.63) is 40.5 Å². The number of benzene rings is 1. The number of hydrogen-bond acceptors (Lipinski definition) is 5. The maximum Gasteiger partial charge on any atom is 0.239 e. The lowest BCUT2D eigenvalue weighted by molar-refractivity contribution is 0.966. The molecule has 2 aromatic rings. The van der Waals surface area contributed by atoms with Gasteiger partial charge in [-0.15, -0.1) is 0 Å². The first kappa shape index (κ1) is 13.8. The highest BCUT2D eigenvalue weighted by atomic mass is 79.9. The van der Waals surface area contributed by atoms with Crippen molar-refractivity contribution in [1.29, 1.82) is 0 Å². The summed E-state index contributed by atoms with van der Waals surface area (Å²) < 4.78 is 0.828. The van der Waals surface area contributed by atoms with Crippen LogP contribution in [0.15, 0.2) is 34.9 Å². The number of halogens is 1. The number of rotatable bonds is 4. The Kier molecular flexibility index (Phi) is 4.34. The van der Waals surface area contributed by atoms with E-state index in [2.05, 4.69) is 74.3 Å². The molecule has 0 saturated heterocycles. The predicted octanol–water partition coefficient (Wildman–Crippen LogP) is 2.99. The molecule has 1 aromatic carbocycles. The first-order valence-electron chi connectivity index (χ1n) is 5.99. The van der Waals surface area contributed by atoms with E-state index in [0.717, 1.165) is 22.5 Å². The van der Waals surface area contributed by atoms with Crippen LogP contribution < -0.4 is 16.2 Å². The van der Waals surface area contributed by atoms with E-state index in [4.69, 9.17) is 5.84 Å². The lowest BCUT2D eigenvalue weighted by atomic mass is 10.2. The summed E-state index contributed by atoms with van der Waals surface area (Å²) in [5.74, 6) is 6.54. The number of nitrogens with two attached hydrogens (primary N) is 1. The standard InChI is InChI=1S/C13H16BrN5/c1-3-19(10-6-4-9(2)5-7-10)12-11(14)8-16-13(17-12)18-15/h4-8H,3,15H2,1-2H3,(H,16,17,18). The Morgan fingerprint density at radius 2 is 2.00 bits per heavy atom. The number of nitrogens with zero attached hydrogens (tertiary/aromatic N) is 3. The van der Waals surface area contributed by atoms with Gasteiger partial charge in [0, 0.05) is 18.4 Å². The van der Waals surface area contributed by atoms with Crippen LogP contribution in [-0.2, 0) is 0 Å². The van der Waals surface area contributed by atoms with Gasteiger partial charge in [0.2, 0.25) is 5.95 Å².